The van der Waals surface area contributed by atoms with Crippen LogP contribution in [0.2, 0.25) is 0 Å². The lowest BCUT2D eigenvalue weighted by Crippen LogP contribution is -1.91. The summed E-state index contributed by atoms with van der Waals surface area (Å²) in [4.78, 5) is 3.39. The number of halogens is 2. The van der Waals surface area contributed by atoms with Crippen molar-refractivity contribution in [3.05, 3.63) is 22.7 Å². The second-order valence-corrected chi connectivity index (χ2v) is 2.47. The molecule has 0 radical (unpaired) electrons. The van der Waals surface area contributed by atoms with Crippen LogP contribution in [0.3, 0.4) is 0 Å². The molecule has 0 amide bonds. The van der Waals surface area contributed by atoms with Gasteiger partial charge < -0.3 is 4.74 Å². The SMILES string of the molecule is COc1c(Br)ccnc1F. The zero-order chi connectivity index (χ0) is 7.56. The normalized spacial score (nSPS) is 9.50. The van der Waals surface area contributed by atoms with Crippen molar-refractivity contribution in [1.82, 2.24) is 4.98 Å². The van der Waals surface area contributed by atoms with Crippen molar-refractivity contribution in [1.29, 1.82) is 0 Å². The van der Waals surface area contributed by atoms with E-state index in [0.29, 0.717) is 4.47 Å². The van der Waals surface area contributed by atoms with Crippen molar-refractivity contribution in [3.8, 4) is 5.75 Å². The van der Waals surface area contributed by atoms with Crippen LogP contribution >= 0.6 is 15.9 Å². The van der Waals surface area contributed by atoms with Gasteiger partial charge in [0.05, 0.1) is 11.6 Å². The van der Waals surface area contributed by atoms with Gasteiger partial charge in [0, 0.05) is 6.20 Å². The molecule has 1 heterocycles. The van der Waals surface area contributed by atoms with Crippen molar-refractivity contribution in [2.24, 2.45) is 0 Å². The molecule has 0 aliphatic rings. The fraction of sp³-hybridized carbons (Fsp3) is 0.167. The number of nitrogens with zero attached hydrogens (tertiary/aromatic N) is 1. The highest BCUT2D eigenvalue weighted by Gasteiger charge is 2.05. The molecule has 0 unspecified atom stereocenters. The quantitative estimate of drug-likeness (QED) is 0.655. The number of aromatic nitrogens is 1. The molecule has 4 heteroatoms. The minimum atomic E-state index is -0.600. The Balaban J connectivity index is 3.17. The highest BCUT2D eigenvalue weighted by molar-refractivity contribution is 9.10. The molecule has 2 nitrogen and oxygen atoms in total. The number of rotatable bonds is 1. The first-order valence-electron chi connectivity index (χ1n) is 2.59. The topological polar surface area (TPSA) is 22.1 Å². The van der Waals surface area contributed by atoms with Crippen LogP contribution in [0.5, 0.6) is 5.75 Å². The lowest BCUT2D eigenvalue weighted by atomic mass is 10.4. The smallest absolute Gasteiger partial charge is 0.256 e. The summed E-state index contributed by atoms with van der Waals surface area (Å²) in [6.45, 7) is 0. The number of hydrogen-bond acceptors (Lipinski definition) is 2. The van der Waals surface area contributed by atoms with Gasteiger partial charge in [-0.05, 0) is 22.0 Å². The molecule has 0 saturated carbocycles. The predicted molar refractivity (Wildman–Crippen MR) is 38.4 cm³/mol. The third-order valence-corrected chi connectivity index (χ3v) is 1.64. The van der Waals surface area contributed by atoms with Crippen LogP contribution in [0, 0.1) is 5.95 Å². The first kappa shape index (κ1) is 7.47. The second-order valence-electron chi connectivity index (χ2n) is 1.62. The molecule has 1 aromatic heterocycles. The number of pyridine rings is 1. The summed E-state index contributed by atoms with van der Waals surface area (Å²) in [5.74, 6) is -0.459. The molecule has 0 spiro atoms. The predicted octanol–water partition coefficient (Wildman–Crippen LogP) is 1.99. The third kappa shape index (κ3) is 1.26. The van der Waals surface area contributed by atoms with E-state index >= 15 is 0 Å². The second kappa shape index (κ2) is 2.96. The van der Waals surface area contributed by atoms with Gasteiger partial charge >= 0.3 is 0 Å². The Labute approximate surface area is 66.2 Å². The van der Waals surface area contributed by atoms with Crippen LogP contribution in [0.1, 0.15) is 0 Å². The maximum absolute atomic E-state index is 12.6. The minimum Gasteiger partial charge on any atom is -0.491 e. The van der Waals surface area contributed by atoms with Crippen LogP contribution in [-0.4, -0.2) is 12.1 Å². The van der Waals surface area contributed by atoms with Crippen molar-refractivity contribution in [2.45, 2.75) is 0 Å². The standard InChI is InChI=1S/C6H5BrFNO/c1-10-5-4(7)2-3-9-6(5)8/h2-3H,1H3. The third-order valence-electron chi connectivity index (χ3n) is 1.02. The molecular weight excluding hydrogens is 201 g/mol. The van der Waals surface area contributed by atoms with E-state index in [2.05, 4.69) is 20.9 Å². The minimum absolute atomic E-state index is 0.141. The molecule has 0 aromatic carbocycles. The molecule has 0 aliphatic carbocycles. The zero-order valence-corrected chi connectivity index (χ0v) is 6.85. The van der Waals surface area contributed by atoms with Crippen LogP contribution in [0.15, 0.2) is 16.7 Å². The van der Waals surface area contributed by atoms with Gasteiger partial charge in [-0.15, -0.1) is 0 Å². The summed E-state index contributed by atoms with van der Waals surface area (Å²) in [6, 6.07) is 1.61. The summed E-state index contributed by atoms with van der Waals surface area (Å²) in [5, 5.41) is 0. The van der Waals surface area contributed by atoms with Crippen molar-refractivity contribution >= 4 is 15.9 Å². The molecule has 54 valence electrons. The maximum atomic E-state index is 12.6. The van der Waals surface area contributed by atoms with E-state index < -0.39 is 5.95 Å². The summed E-state index contributed by atoms with van der Waals surface area (Å²) in [7, 11) is 1.39. The number of methoxy groups -OCH3 is 1. The highest BCUT2D eigenvalue weighted by atomic mass is 79.9. The summed E-state index contributed by atoms with van der Waals surface area (Å²) < 4.78 is 17.8. The Hall–Kier alpha value is -0.640. The lowest BCUT2D eigenvalue weighted by molar-refractivity contribution is 0.375. The van der Waals surface area contributed by atoms with Gasteiger partial charge in [-0.2, -0.15) is 4.39 Å². The van der Waals surface area contributed by atoms with E-state index in [-0.39, 0.29) is 5.75 Å². The number of ether oxygens (including phenoxy) is 1. The fourth-order valence-electron chi connectivity index (χ4n) is 0.583. The number of hydrogen-bond donors (Lipinski definition) is 0. The Morgan fingerprint density at radius 3 is 2.80 bits per heavy atom. The van der Waals surface area contributed by atoms with Crippen molar-refractivity contribution in [3.63, 3.8) is 0 Å². The van der Waals surface area contributed by atoms with Gasteiger partial charge in [0.15, 0.2) is 5.75 Å². The molecule has 0 N–H and O–H groups in total. The van der Waals surface area contributed by atoms with Gasteiger partial charge in [-0.1, -0.05) is 0 Å². The first-order chi connectivity index (χ1) is 4.75. The summed E-state index contributed by atoms with van der Waals surface area (Å²) >= 11 is 3.10. The van der Waals surface area contributed by atoms with E-state index in [4.69, 9.17) is 4.74 Å². The summed E-state index contributed by atoms with van der Waals surface area (Å²) in [5.41, 5.74) is 0. The Morgan fingerprint density at radius 1 is 1.70 bits per heavy atom. The fourth-order valence-corrected chi connectivity index (χ4v) is 1.03. The molecule has 10 heavy (non-hydrogen) atoms. The van der Waals surface area contributed by atoms with Crippen LogP contribution < -0.4 is 4.74 Å². The van der Waals surface area contributed by atoms with Gasteiger partial charge in [0.1, 0.15) is 0 Å². The zero-order valence-electron chi connectivity index (χ0n) is 5.27. The van der Waals surface area contributed by atoms with Gasteiger partial charge in [0.25, 0.3) is 5.95 Å². The molecule has 0 saturated heterocycles. The average Bonchev–Trinajstić information content (AvgIpc) is 1.88. The highest BCUT2D eigenvalue weighted by Crippen LogP contribution is 2.25. The Bertz CT molecular complexity index is 221. The van der Waals surface area contributed by atoms with Crippen LogP contribution in [-0.2, 0) is 0 Å². The van der Waals surface area contributed by atoms with Crippen molar-refractivity contribution < 1.29 is 9.13 Å². The van der Waals surface area contributed by atoms with Crippen molar-refractivity contribution in [2.75, 3.05) is 7.11 Å². The average molecular weight is 206 g/mol. The summed E-state index contributed by atoms with van der Waals surface area (Å²) in [6.07, 6.45) is 1.36. The molecule has 0 bridgehead atoms. The van der Waals surface area contributed by atoms with E-state index in [9.17, 15) is 4.39 Å². The van der Waals surface area contributed by atoms with Gasteiger partial charge in [-0.3, -0.25) is 0 Å². The van der Waals surface area contributed by atoms with E-state index in [1.165, 1.54) is 13.3 Å². The van der Waals surface area contributed by atoms with Crippen LogP contribution in [0.25, 0.3) is 0 Å². The van der Waals surface area contributed by atoms with Gasteiger partial charge in [0.2, 0.25) is 0 Å². The molecular formula is C6H5BrFNO. The lowest BCUT2D eigenvalue weighted by Gasteiger charge is -2.00. The molecule has 0 atom stereocenters. The Kier molecular flexibility index (Phi) is 2.21. The monoisotopic (exact) mass is 205 g/mol. The van der Waals surface area contributed by atoms with Gasteiger partial charge in [-0.25, -0.2) is 4.98 Å². The maximum Gasteiger partial charge on any atom is 0.256 e. The molecule has 1 aromatic rings. The van der Waals surface area contributed by atoms with E-state index in [1.54, 1.807) is 6.07 Å². The van der Waals surface area contributed by atoms with Crippen LogP contribution in [0.4, 0.5) is 4.39 Å². The largest absolute Gasteiger partial charge is 0.491 e. The molecule has 0 aliphatic heterocycles. The van der Waals surface area contributed by atoms with E-state index in [0.717, 1.165) is 0 Å². The Morgan fingerprint density at radius 2 is 2.40 bits per heavy atom. The molecule has 0 fully saturated rings. The first-order valence-corrected chi connectivity index (χ1v) is 3.39. The van der Waals surface area contributed by atoms with E-state index in [1.807, 2.05) is 0 Å². The molecule has 1 rings (SSSR count).